The van der Waals surface area contributed by atoms with E-state index in [1.807, 2.05) is 42.2 Å². The predicted molar refractivity (Wildman–Crippen MR) is 104 cm³/mol. The number of aromatic nitrogens is 1. The van der Waals surface area contributed by atoms with Crippen molar-refractivity contribution in [3.63, 3.8) is 0 Å². The molecule has 27 heavy (non-hydrogen) atoms. The van der Waals surface area contributed by atoms with Gasteiger partial charge >= 0.3 is 0 Å². The molecule has 5 heteroatoms. The maximum Gasteiger partial charge on any atom is 0.255 e. The Morgan fingerprint density at radius 2 is 1.96 bits per heavy atom. The van der Waals surface area contributed by atoms with Crippen LogP contribution in [0.25, 0.3) is 0 Å². The molecular formula is C22H27N3O2. The second-order valence-electron chi connectivity index (χ2n) is 8.07. The lowest BCUT2D eigenvalue weighted by molar-refractivity contribution is 0.0108. The summed E-state index contributed by atoms with van der Waals surface area (Å²) in [5.41, 5.74) is 2.96. The third kappa shape index (κ3) is 3.75. The molecule has 2 aliphatic rings. The normalized spacial score (nSPS) is 21.4. The minimum absolute atomic E-state index is 0.109. The third-order valence-corrected chi connectivity index (χ3v) is 5.88. The molecule has 0 N–H and O–H groups in total. The van der Waals surface area contributed by atoms with Crippen LogP contribution >= 0.6 is 0 Å². The number of benzene rings is 1. The predicted octanol–water partition coefficient (Wildman–Crippen LogP) is 2.75. The van der Waals surface area contributed by atoms with Gasteiger partial charge < -0.3 is 14.5 Å². The molecule has 1 spiro atoms. The molecule has 3 heterocycles. The van der Waals surface area contributed by atoms with E-state index in [0.29, 0.717) is 12.6 Å². The summed E-state index contributed by atoms with van der Waals surface area (Å²) < 4.78 is 5.96. The van der Waals surface area contributed by atoms with Gasteiger partial charge in [0.15, 0.2) is 0 Å². The zero-order chi connectivity index (χ0) is 18.9. The van der Waals surface area contributed by atoms with Crippen LogP contribution in [-0.2, 0) is 11.3 Å². The van der Waals surface area contributed by atoms with Gasteiger partial charge in [0.1, 0.15) is 0 Å². The van der Waals surface area contributed by atoms with Crippen LogP contribution in [0.3, 0.4) is 0 Å². The van der Waals surface area contributed by atoms with Gasteiger partial charge in [-0.1, -0.05) is 30.3 Å². The third-order valence-electron chi connectivity index (χ3n) is 5.88. The Bertz CT molecular complexity index is 802. The molecule has 2 saturated heterocycles. The van der Waals surface area contributed by atoms with Gasteiger partial charge in [-0.25, -0.2) is 0 Å². The summed E-state index contributed by atoms with van der Waals surface area (Å²) in [7, 11) is 2.17. The molecule has 0 bridgehead atoms. The fourth-order valence-corrected chi connectivity index (χ4v) is 4.47. The lowest BCUT2D eigenvalue weighted by Crippen LogP contribution is -2.59. The highest BCUT2D eigenvalue weighted by Gasteiger charge is 2.51. The van der Waals surface area contributed by atoms with Crippen LogP contribution in [0.2, 0.25) is 0 Å². The van der Waals surface area contributed by atoms with E-state index in [4.69, 9.17) is 4.74 Å². The minimum atomic E-state index is 0.109. The maximum atomic E-state index is 12.7. The first-order valence-corrected chi connectivity index (χ1v) is 9.59. The second kappa shape index (κ2) is 7.41. The number of carbonyl (C=O) groups excluding carboxylic acids is 1. The largest absolute Gasteiger partial charge is 0.375 e. The number of nitrogens with zero attached hydrogens (tertiary/aromatic N) is 3. The number of likely N-dealkylation sites (N-methyl/N-ethyl adjacent to an activating group) is 1. The molecule has 2 aromatic rings. The summed E-state index contributed by atoms with van der Waals surface area (Å²) in [6, 6.07) is 14.4. The minimum Gasteiger partial charge on any atom is -0.375 e. The van der Waals surface area contributed by atoms with E-state index in [0.717, 1.165) is 43.9 Å². The lowest BCUT2D eigenvalue weighted by Gasteiger charge is -2.48. The molecule has 2 fully saturated rings. The van der Waals surface area contributed by atoms with Crippen LogP contribution in [0, 0.1) is 12.3 Å². The van der Waals surface area contributed by atoms with Gasteiger partial charge in [0, 0.05) is 43.0 Å². The van der Waals surface area contributed by atoms with E-state index >= 15 is 0 Å². The van der Waals surface area contributed by atoms with E-state index in [-0.39, 0.29) is 11.3 Å². The second-order valence-corrected chi connectivity index (χ2v) is 8.07. The van der Waals surface area contributed by atoms with E-state index in [1.165, 1.54) is 5.56 Å². The van der Waals surface area contributed by atoms with Crippen LogP contribution in [0.4, 0.5) is 0 Å². The number of likely N-dealkylation sites (tertiary alicyclic amines) is 2. The molecule has 5 nitrogen and oxygen atoms in total. The monoisotopic (exact) mass is 365 g/mol. The van der Waals surface area contributed by atoms with Crippen molar-refractivity contribution in [3.05, 3.63) is 65.5 Å². The Hall–Kier alpha value is -2.24. The number of rotatable bonds is 5. The summed E-state index contributed by atoms with van der Waals surface area (Å²) in [5, 5.41) is 0. The smallest absolute Gasteiger partial charge is 0.255 e. The maximum absolute atomic E-state index is 12.7. The van der Waals surface area contributed by atoms with E-state index < -0.39 is 0 Å². The Morgan fingerprint density at radius 1 is 1.19 bits per heavy atom. The van der Waals surface area contributed by atoms with Crippen molar-refractivity contribution in [1.29, 1.82) is 0 Å². The topological polar surface area (TPSA) is 45.7 Å². The number of carbonyl (C=O) groups is 1. The van der Waals surface area contributed by atoms with Crippen molar-refractivity contribution < 1.29 is 9.53 Å². The van der Waals surface area contributed by atoms with Crippen molar-refractivity contribution >= 4 is 5.91 Å². The van der Waals surface area contributed by atoms with Crippen LogP contribution in [0.1, 0.15) is 28.0 Å². The molecule has 142 valence electrons. The molecule has 1 aromatic heterocycles. The fourth-order valence-electron chi connectivity index (χ4n) is 4.47. The highest BCUT2D eigenvalue weighted by Crippen LogP contribution is 2.42. The number of hydrogen-bond donors (Lipinski definition) is 0. The molecular weight excluding hydrogens is 338 g/mol. The van der Waals surface area contributed by atoms with Gasteiger partial charge in [0.05, 0.1) is 18.8 Å². The molecule has 2 aliphatic heterocycles. The fraction of sp³-hybridized carbons (Fsp3) is 0.455. The van der Waals surface area contributed by atoms with Crippen LogP contribution < -0.4 is 0 Å². The van der Waals surface area contributed by atoms with Crippen molar-refractivity contribution in [1.82, 2.24) is 14.8 Å². The average molecular weight is 365 g/mol. The first-order valence-electron chi connectivity index (χ1n) is 9.59. The molecule has 1 aromatic carbocycles. The lowest BCUT2D eigenvalue weighted by atomic mass is 9.77. The summed E-state index contributed by atoms with van der Waals surface area (Å²) >= 11 is 0. The van der Waals surface area contributed by atoms with E-state index in [1.54, 1.807) is 6.20 Å². The van der Waals surface area contributed by atoms with Crippen LogP contribution in [0.5, 0.6) is 0 Å². The SMILES string of the molecule is Cc1ncccc1C(=O)N1CC2(CC(COCc3ccccc3)N(C)C2)C1. The summed E-state index contributed by atoms with van der Waals surface area (Å²) in [6.07, 6.45) is 2.82. The number of hydrogen-bond acceptors (Lipinski definition) is 4. The molecule has 0 radical (unpaired) electrons. The average Bonchev–Trinajstić information content (AvgIpc) is 2.98. The first kappa shape index (κ1) is 18.1. The van der Waals surface area contributed by atoms with Crippen molar-refractivity contribution in [2.24, 2.45) is 5.41 Å². The first-order chi connectivity index (χ1) is 13.1. The Labute approximate surface area is 161 Å². The summed E-state index contributed by atoms with van der Waals surface area (Å²) in [5.74, 6) is 0.109. The summed E-state index contributed by atoms with van der Waals surface area (Å²) in [4.78, 5) is 21.3. The van der Waals surface area contributed by atoms with Crippen molar-refractivity contribution in [3.8, 4) is 0 Å². The van der Waals surface area contributed by atoms with Gasteiger partial charge in [-0.15, -0.1) is 0 Å². The van der Waals surface area contributed by atoms with Gasteiger partial charge in [-0.05, 0) is 38.1 Å². The Kier molecular flexibility index (Phi) is 4.98. The molecule has 4 rings (SSSR count). The van der Waals surface area contributed by atoms with Crippen LogP contribution in [-0.4, -0.2) is 60.0 Å². The standard InChI is InChI=1S/C22H27N3O2/c1-17-20(9-6-10-23-17)21(26)25-15-22(16-25)11-19(24(2)14-22)13-27-12-18-7-4-3-5-8-18/h3-10,19H,11-16H2,1-2H3. The number of amides is 1. The molecule has 1 unspecified atom stereocenters. The van der Waals surface area contributed by atoms with Crippen molar-refractivity contribution in [2.75, 3.05) is 33.3 Å². The number of aryl methyl sites for hydroxylation is 1. The summed E-state index contributed by atoms with van der Waals surface area (Å²) in [6.45, 7) is 5.99. The van der Waals surface area contributed by atoms with Gasteiger partial charge in [0.2, 0.25) is 0 Å². The highest BCUT2D eigenvalue weighted by atomic mass is 16.5. The highest BCUT2D eigenvalue weighted by molar-refractivity contribution is 5.95. The molecule has 0 saturated carbocycles. The Balaban J connectivity index is 1.29. The number of pyridine rings is 1. The van der Waals surface area contributed by atoms with Gasteiger partial charge in [-0.3, -0.25) is 9.78 Å². The van der Waals surface area contributed by atoms with Gasteiger partial charge in [-0.2, -0.15) is 0 Å². The Morgan fingerprint density at radius 3 is 2.70 bits per heavy atom. The van der Waals surface area contributed by atoms with E-state index in [9.17, 15) is 4.79 Å². The number of ether oxygens (including phenoxy) is 1. The van der Waals surface area contributed by atoms with Crippen LogP contribution in [0.15, 0.2) is 48.7 Å². The van der Waals surface area contributed by atoms with E-state index in [2.05, 4.69) is 29.1 Å². The molecule has 1 amide bonds. The molecule has 0 aliphatic carbocycles. The molecule has 1 atom stereocenters. The zero-order valence-electron chi connectivity index (χ0n) is 16.1. The quantitative estimate of drug-likeness (QED) is 0.817. The zero-order valence-corrected chi connectivity index (χ0v) is 16.1. The van der Waals surface area contributed by atoms with Gasteiger partial charge in [0.25, 0.3) is 5.91 Å². The van der Waals surface area contributed by atoms with Crippen molar-refractivity contribution in [2.45, 2.75) is 26.0 Å².